The molecule has 1 fully saturated rings. The fourth-order valence-electron chi connectivity index (χ4n) is 4.50. The predicted molar refractivity (Wildman–Crippen MR) is 160 cm³/mol. The van der Waals surface area contributed by atoms with E-state index in [4.69, 9.17) is 9.94 Å². The number of hydrogen-bond acceptors (Lipinski definition) is 8. The van der Waals surface area contributed by atoms with E-state index in [1.165, 1.54) is 5.48 Å². The molecule has 1 heterocycles. The summed E-state index contributed by atoms with van der Waals surface area (Å²) in [6.45, 7) is 2.98. The second-order valence-corrected chi connectivity index (χ2v) is 10.6. The number of nitrogens with one attached hydrogen (secondary N) is 5. The molecule has 0 saturated carbocycles. The van der Waals surface area contributed by atoms with Crippen LogP contribution in [0.4, 0.5) is 0 Å². The predicted octanol–water partition coefficient (Wildman–Crippen LogP) is 0.837. The van der Waals surface area contributed by atoms with Gasteiger partial charge < -0.3 is 25.8 Å². The van der Waals surface area contributed by atoms with Gasteiger partial charge in [-0.15, -0.1) is 0 Å². The number of aliphatic carboxylic acids is 1. The zero-order valence-corrected chi connectivity index (χ0v) is 24.7. The van der Waals surface area contributed by atoms with Crippen molar-refractivity contribution in [3.8, 4) is 5.75 Å². The fourth-order valence-corrected chi connectivity index (χ4v) is 4.50. The summed E-state index contributed by atoms with van der Waals surface area (Å²) >= 11 is 0. The van der Waals surface area contributed by atoms with E-state index in [0.29, 0.717) is 30.9 Å². The van der Waals surface area contributed by atoms with Crippen molar-refractivity contribution in [1.82, 2.24) is 26.7 Å². The van der Waals surface area contributed by atoms with Crippen LogP contribution < -0.4 is 31.5 Å². The molecule has 0 aliphatic carbocycles. The Labute approximate surface area is 256 Å². The van der Waals surface area contributed by atoms with Crippen molar-refractivity contribution < 1.29 is 39.0 Å². The Balaban J connectivity index is 1.52. The van der Waals surface area contributed by atoms with Gasteiger partial charge in [-0.05, 0) is 48.9 Å². The number of hydrogen-bond donors (Lipinski definition) is 7. The summed E-state index contributed by atoms with van der Waals surface area (Å²) in [5.41, 5.74) is 3.24. The first-order chi connectivity index (χ1) is 21.2. The second-order valence-electron chi connectivity index (χ2n) is 10.6. The highest BCUT2D eigenvalue weighted by atomic mass is 16.5. The molecule has 44 heavy (non-hydrogen) atoms. The molecule has 2 aromatic rings. The van der Waals surface area contributed by atoms with E-state index in [2.05, 4.69) is 28.2 Å². The SMILES string of the molecule is CCCCOc1ccc(C[C@H](NC(=O)[C@H]2N[C@@H]2C(=O)N[C@@H](CCCC(=O)NO)C(=O)NCCc2ccccc2)C(=O)O)cc1. The third-order valence-electron chi connectivity index (χ3n) is 7.10. The van der Waals surface area contributed by atoms with E-state index < -0.39 is 53.8 Å². The lowest BCUT2D eigenvalue weighted by atomic mass is 10.1. The minimum Gasteiger partial charge on any atom is -0.494 e. The van der Waals surface area contributed by atoms with Crippen molar-refractivity contribution in [3.63, 3.8) is 0 Å². The standard InChI is InChI=1S/C31H41N5O8/c1-2-3-18-44-22-14-12-21(13-15-22)19-24(31(41)42)34-30(40)27-26(35-27)29(39)33-23(10-7-11-25(37)36-43)28(38)32-17-16-20-8-5-4-6-9-20/h4-6,8-9,12-15,23-24,26-27,35,43H,2-3,7,10-11,16-19H2,1H3,(H,32,38)(H,33,39)(H,34,40)(H,36,37)(H,41,42)/t23-,24-,26-,27-/m0/s1. The first-order valence-electron chi connectivity index (χ1n) is 14.8. The molecule has 1 saturated heterocycles. The summed E-state index contributed by atoms with van der Waals surface area (Å²) in [5.74, 6) is -2.88. The lowest BCUT2D eigenvalue weighted by molar-refractivity contribution is -0.141. The number of carboxylic acid groups (broad SMARTS) is 1. The number of carbonyl (C=O) groups is 5. The summed E-state index contributed by atoms with van der Waals surface area (Å²) in [7, 11) is 0. The van der Waals surface area contributed by atoms with Gasteiger partial charge in [0, 0.05) is 19.4 Å². The maximum atomic E-state index is 12.9. The average molecular weight is 612 g/mol. The molecule has 13 heteroatoms. The molecular formula is C31H41N5O8. The van der Waals surface area contributed by atoms with Gasteiger partial charge in [-0.2, -0.15) is 0 Å². The summed E-state index contributed by atoms with van der Waals surface area (Å²) in [4.78, 5) is 62.0. The molecule has 0 unspecified atom stereocenters. The van der Waals surface area contributed by atoms with Crippen LogP contribution in [0, 0.1) is 0 Å². The van der Waals surface area contributed by atoms with Crippen molar-refractivity contribution in [2.24, 2.45) is 0 Å². The van der Waals surface area contributed by atoms with Gasteiger partial charge in [-0.1, -0.05) is 55.8 Å². The van der Waals surface area contributed by atoms with Crippen LogP contribution in [0.1, 0.15) is 50.2 Å². The van der Waals surface area contributed by atoms with Crippen molar-refractivity contribution in [2.75, 3.05) is 13.2 Å². The monoisotopic (exact) mass is 611 g/mol. The Morgan fingerprint density at radius 3 is 2.16 bits per heavy atom. The number of rotatable bonds is 19. The molecule has 2 aromatic carbocycles. The number of hydroxylamine groups is 1. The van der Waals surface area contributed by atoms with Crippen molar-refractivity contribution in [2.45, 2.75) is 76.0 Å². The fraction of sp³-hybridized carbons (Fsp3) is 0.452. The van der Waals surface area contributed by atoms with Crippen molar-refractivity contribution in [3.05, 3.63) is 65.7 Å². The average Bonchev–Trinajstić information content (AvgIpc) is 3.83. The summed E-state index contributed by atoms with van der Waals surface area (Å²) in [5, 5.41) is 29.1. The zero-order valence-electron chi connectivity index (χ0n) is 24.7. The van der Waals surface area contributed by atoms with Crippen LogP contribution >= 0.6 is 0 Å². The number of amides is 4. The molecule has 1 aliphatic rings. The lowest BCUT2D eigenvalue weighted by Gasteiger charge is -2.18. The molecule has 4 atom stereocenters. The molecule has 3 rings (SSSR count). The highest BCUT2D eigenvalue weighted by molar-refractivity contribution is 6.00. The van der Waals surface area contributed by atoms with Gasteiger partial charge in [-0.25, -0.2) is 10.3 Å². The highest BCUT2D eigenvalue weighted by Crippen LogP contribution is 2.16. The lowest BCUT2D eigenvalue weighted by Crippen LogP contribution is -2.49. The van der Waals surface area contributed by atoms with Gasteiger partial charge in [-0.3, -0.25) is 29.7 Å². The maximum Gasteiger partial charge on any atom is 0.326 e. The number of carboxylic acids is 1. The quantitative estimate of drug-likeness (QED) is 0.0519. The van der Waals surface area contributed by atoms with Gasteiger partial charge in [0.1, 0.15) is 29.9 Å². The minimum absolute atomic E-state index is 0.0343. The van der Waals surface area contributed by atoms with Crippen LogP contribution in [0.25, 0.3) is 0 Å². The molecule has 238 valence electrons. The normalized spacial score (nSPS) is 16.6. The van der Waals surface area contributed by atoms with E-state index in [9.17, 15) is 29.1 Å². The number of unbranched alkanes of at least 4 members (excludes halogenated alkanes) is 1. The first-order valence-corrected chi connectivity index (χ1v) is 14.8. The Bertz CT molecular complexity index is 1260. The van der Waals surface area contributed by atoms with E-state index in [0.717, 1.165) is 18.4 Å². The molecule has 13 nitrogen and oxygen atoms in total. The molecule has 0 spiro atoms. The van der Waals surface area contributed by atoms with Crippen LogP contribution in [0.15, 0.2) is 54.6 Å². The topological polar surface area (TPSA) is 205 Å². The van der Waals surface area contributed by atoms with Gasteiger partial charge in [0.25, 0.3) is 0 Å². The van der Waals surface area contributed by atoms with Crippen LogP contribution in [-0.2, 0) is 36.8 Å². The summed E-state index contributed by atoms with van der Waals surface area (Å²) in [6, 6.07) is 12.4. The third-order valence-corrected chi connectivity index (χ3v) is 7.10. The second kappa shape index (κ2) is 17.6. The van der Waals surface area contributed by atoms with E-state index in [1.54, 1.807) is 24.3 Å². The van der Waals surface area contributed by atoms with Gasteiger partial charge in [0.2, 0.25) is 23.6 Å². The van der Waals surface area contributed by atoms with Gasteiger partial charge in [0.15, 0.2) is 0 Å². The van der Waals surface area contributed by atoms with Crippen molar-refractivity contribution >= 4 is 29.6 Å². The van der Waals surface area contributed by atoms with Crippen LogP contribution in [0.2, 0.25) is 0 Å². The smallest absolute Gasteiger partial charge is 0.326 e. The summed E-state index contributed by atoms with van der Waals surface area (Å²) in [6.07, 6.45) is 2.81. The van der Waals surface area contributed by atoms with E-state index >= 15 is 0 Å². The molecular weight excluding hydrogens is 570 g/mol. The van der Waals surface area contributed by atoms with Crippen molar-refractivity contribution in [1.29, 1.82) is 0 Å². The third kappa shape index (κ3) is 11.3. The maximum absolute atomic E-state index is 12.9. The van der Waals surface area contributed by atoms with E-state index in [-0.39, 0.29) is 25.7 Å². The number of ether oxygens (including phenoxy) is 1. The Morgan fingerprint density at radius 1 is 0.886 bits per heavy atom. The zero-order chi connectivity index (χ0) is 31.9. The Morgan fingerprint density at radius 2 is 1.55 bits per heavy atom. The molecule has 0 radical (unpaired) electrons. The summed E-state index contributed by atoms with van der Waals surface area (Å²) < 4.78 is 5.62. The van der Waals surface area contributed by atoms with Crippen LogP contribution in [0.3, 0.4) is 0 Å². The number of benzene rings is 2. The number of carbonyl (C=O) groups excluding carboxylic acids is 4. The van der Waals surface area contributed by atoms with Gasteiger partial charge >= 0.3 is 5.97 Å². The first kappa shape index (κ1) is 34.0. The molecule has 4 amide bonds. The molecule has 7 N–H and O–H groups in total. The molecule has 0 bridgehead atoms. The van der Waals surface area contributed by atoms with Gasteiger partial charge in [0.05, 0.1) is 6.61 Å². The van der Waals surface area contributed by atoms with Crippen LogP contribution in [-0.4, -0.2) is 77.2 Å². The van der Waals surface area contributed by atoms with E-state index in [1.807, 2.05) is 30.3 Å². The Kier molecular flexibility index (Phi) is 13.6. The largest absolute Gasteiger partial charge is 0.494 e. The van der Waals surface area contributed by atoms with Crippen LogP contribution in [0.5, 0.6) is 5.75 Å². The molecule has 1 aliphatic heterocycles. The Hall–Kier alpha value is -4.49. The minimum atomic E-state index is -1.22. The molecule has 0 aromatic heterocycles. The highest BCUT2D eigenvalue weighted by Gasteiger charge is 2.49.